The molecule has 2 aromatic heterocycles. The number of anilines is 1. The van der Waals surface area contributed by atoms with Crippen molar-refractivity contribution in [3.63, 3.8) is 0 Å². The van der Waals surface area contributed by atoms with Crippen LogP contribution in [0, 0.1) is 13.8 Å². The number of ether oxygens (including phenoxy) is 1. The molecule has 1 fully saturated rings. The predicted molar refractivity (Wildman–Crippen MR) is 97.0 cm³/mol. The number of H-pyrrole nitrogens is 1. The molecule has 0 spiro atoms. The molecule has 130 valence electrons. The largest absolute Gasteiger partial charge is 0.378 e. The minimum absolute atomic E-state index is 0.193. The third-order valence-corrected chi connectivity index (χ3v) is 5.04. The third-order valence-electron chi connectivity index (χ3n) is 4.63. The van der Waals surface area contributed by atoms with Crippen molar-refractivity contribution in [1.82, 2.24) is 19.7 Å². The molecule has 1 aromatic carbocycles. The van der Waals surface area contributed by atoms with Crippen molar-refractivity contribution in [3.8, 4) is 5.69 Å². The second kappa shape index (κ2) is 6.16. The SMILES string of the molecule is Cc1c(Cl)ccc(-n2cc3c(=O)[nH]c(N4CCOCC4)nc3n2)c1C. The van der Waals surface area contributed by atoms with Gasteiger partial charge in [0.15, 0.2) is 5.65 Å². The van der Waals surface area contributed by atoms with Gasteiger partial charge in [0.25, 0.3) is 5.56 Å². The van der Waals surface area contributed by atoms with E-state index in [0.717, 1.165) is 16.8 Å². The molecule has 0 aliphatic carbocycles. The topological polar surface area (TPSA) is 76.0 Å². The number of benzene rings is 1. The molecule has 3 aromatic rings. The fraction of sp³-hybridized carbons (Fsp3) is 0.353. The summed E-state index contributed by atoms with van der Waals surface area (Å²) in [6, 6.07) is 3.73. The molecule has 1 N–H and O–H groups in total. The maximum Gasteiger partial charge on any atom is 0.263 e. The molecule has 8 heteroatoms. The van der Waals surface area contributed by atoms with Crippen molar-refractivity contribution >= 4 is 28.6 Å². The van der Waals surface area contributed by atoms with Crippen molar-refractivity contribution in [2.45, 2.75) is 13.8 Å². The standard InChI is InChI=1S/C17H18ClN5O2/c1-10-11(2)14(4-3-13(10)18)23-9-12-15(21-23)19-17(20-16(12)24)22-5-7-25-8-6-22/h3-4,9H,5-8H2,1-2H3,(H,19,20,21,24). The van der Waals surface area contributed by atoms with Crippen LogP contribution in [0.2, 0.25) is 5.02 Å². The van der Waals surface area contributed by atoms with E-state index in [9.17, 15) is 4.79 Å². The van der Waals surface area contributed by atoms with Crippen molar-refractivity contribution in [1.29, 1.82) is 0 Å². The highest BCUT2D eigenvalue weighted by Gasteiger charge is 2.17. The van der Waals surface area contributed by atoms with Gasteiger partial charge in [0, 0.05) is 24.3 Å². The molecule has 0 radical (unpaired) electrons. The van der Waals surface area contributed by atoms with Gasteiger partial charge in [-0.05, 0) is 37.1 Å². The lowest BCUT2D eigenvalue weighted by Gasteiger charge is -2.26. The average Bonchev–Trinajstić information content (AvgIpc) is 3.05. The van der Waals surface area contributed by atoms with Gasteiger partial charge >= 0.3 is 0 Å². The van der Waals surface area contributed by atoms with Crippen molar-refractivity contribution in [2.24, 2.45) is 0 Å². The van der Waals surface area contributed by atoms with E-state index >= 15 is 0 Å². The van der Waals surface area contributed by atoms with Crippen LogP contribution < -0.4 is 10.5 Å². The van der Waals surface area contributed by atoms with E-state index in [1.807, 2.05) is 30.9 Å². The number of aromatic nitrogens is 4. The number of hydrogen-bond acceptors (Lipinski definition) is 5. The Morgan fingerprint density at radius 2 is 1.96 bits per heavy atom. The molecular weight excluding hydrogens is 342 g/mol. The van der Waals surface area contributed by atoms with Gasteiger partial charge in [-0.1, -0.05) is 11.6 Å². The Balaban J connectivity index is 1.82. The fourth-order valence-electron chi connectivity index (χ4n) is 2.97. The highest BCUT2D eigenvalue weighted by atomic mass is 35.5. The molecule has 25 heavy (non-hydrogen) atoms. The minimum atomic E-state index is -0.193. The van der Waals surface area contributed by atoms with E-state index in [4.69, 9.17) is 16.3 Å². The summed E-state index contributed by atoms with van der Waals surface area (Å²) in [5.41, 5.74) is 3.13. The quantitative estimate of drug-likeness (QED) is 0.759. The zero-order chi connectivity index (χ0) is 17.6. The van der Waals surface area contributed by atoms with Crippen molar-refractivity contribution in [2.75, 3.05) is 31.2 Å². The lowest BCUT2D eigenvalue weighted by Crippen LogP contribution is -2.38. The molecule has 3 heterocycles. The van der Waals surface area contributed by atoms with Crippen LogP contribution in [0.5, 0.6) is 0 Å². The molecule has 0 bridgehead atoms. The summed E-state index contributed by atoms with van der Waals surface area (Å²) < 4.78 is 7.03. The third kappa shape index (κ3) is 2.79. The first-order chi connectivity index (χ1) is 12.0. The van der Waals surface area contributed by atoms with Gasteiger partial charge in [0.1, 0.15) is 5.39 Å². The molecule has 7 nitrogen and oxygen atoms in total. The van der Waals surface area contributed by atoms with Gasteiger partial charge in [-0.15, -0.1) is 5.10 Å². The van der Waals surface area contributed by atoms with Crippen LogP contribution in [0.15, 0.2) is 23.1 Å². The normalized spacial score (nSPS) is 15.1. The maximum absolute atomic E-state index is 12.5. The zero-order valence-electron chi connectivity index (χ0n) is 14.0. The average molecular weight is 360 g/mol. The lowest BCUT2D eigenvalue weighted by atomic mass is 10.1. The number of rotatable bonds is 2. The molecule has 1 aliphatic heterocycles. The number of aromatic amines is 1. The Morgan fingerprint density at radius 1 is 1.20 bits per heavy atom. The Bertz CT molecular complexity index is 1000. The number of morpholine rings is 1. The molecule has 4 rings (SSSR count). The van der Waals surface area contributed by atoms with Crippen molar-refractivity contribution in [3.05, 3.63) is 44.8 Å². The fourth-order valence-corrected chi connectivity index (χ4v) is 3.18. The van der Waals surface area contributed by atoms with E-state index < -0.39 is 0 Å². The molecule has 0 amide bonds. The van der Waals surface area contributed by atoms with E-state index in [1.54, 1.807) is 10.9 Å². The number of fused-ring (bicyclic) bond motifs is 1. The number of nitrogens with zero attached hydrogens (tertiary/aromatic N) is 4. The molecule has 0 saturated carbocycles. The van der Waals surface area contributed by atoms with Gasteiger partial charge in [-0.3, -0.25) is 9.78 Å². The summed E-state index contributed by atoms with van der Waals surface area (Å²) in [5, 5.41) is 5.69. The smallest absolute Gasteiger partial charge is 0.263 e. The highest BCUT2D eigenvalue weighted by molar-refractivity contribution is 6.31. The summed E-state index contributed by atoms with van der Waals surface area (Å²) >= 11 is 6.17. The lowest BCUT2D eigenvalue weighted by molar-refractivity contribution is 0.122. The summed E-state index contributed by atoms with van der Waals surface area (Å²) in [5.74, 6) is 0.537. The monoisotopic (exact) mass is 359 g/mol. The summed E-state index contributed by atoms with van der Waals surface area (Å²) in [6.45, 7) is 6.60. The zero-order valence-corrected chi connectivity index (χ0v) is 14.8. The van der Waals surface area contributed by atoms with Crippen molar-refractivity contribution < 1.29 is 4.74 Å². The van der Waals surface area contributed by atoms with Crippen LogP contribution in [0.1, 0.15) is 11.1 Å². The van der Waals surface area contributed by atoms with E-state index in [2.05, 4.69) is 15.1 Å². The number of halogens is 1. The number of nitrogens with one attached hydrogen (secondary N) is 1. The van der Waals surface area contributed by atoms with Crippen LogP contribution in [-0.2, 0) is 4.74 Å². The maximum atomic E-state index is 12.5. The van der Waals surface area contributed by atoms with E-state index in [1.165, 1.54) is 0 Å². The molecule has 0 atom stereocenters. The Hall–Kier alpha value is -2.38. The first-order valence-corrected chi connectivity index (χ1v) is 8.51. The van der Waals surface area contributed by atoms with Crippen LogP contribution >= 0.6 is 11.6 Å². The van der Waals surface area contributed by atoms with Gasteiger partial charge in [-0.25, -0.2) is 4.68 Å². The van der Waals surface area contributed by atoms with Gasteiger partial charge in [0.2, 0.25) is 5.95 Å². The van der Waals surface area contributed by atoms with E-state index in [-0.39, 0.29) is 5.56 Å². The van der Waals surface area contributed by atoms with E-state index in [0.29, 0.717) is 48.3 Å². The molecule has 1 aliphatic rings. The second-order valence-corrected chi connectivity index (χ2v) is 6.52. The first-order valence-electron chi connectivity index (χ1n) is 8.13. The Morgan fingerprint density at radius 3 is 2.72 bits per heavy atom. The van der Waals surface area contributed by atoms with Gasteiger partial charge in [-0.2, -0.15) is 4.98 Å². The summed E-state index contributed by atoms with van der Waals surface area (Å²) in [6.07, 6.45) is 1.71. The van der Waals surface area contributed by atoms with Gasteiger partial charge in [0.05, 0.1) is 18.9 Å². The van der Waals surface area contributed by atoms with Crippen LogP contribution in [0.3, 0.4) is 0 Å². The Kier molecular flexibility index (Phi) is 3.97. The number of hydrogen-bond donors (Lipinski definition) is 1. The molecule has 0 unspecified atom stereocenters. The van der Waals surface area contributed by atoms with Gasteiger partial charge < -0.3 is 9.64 Å². The minimum Gasteiger partial charge on any atom is -0.378 e. The van der Waals surface area contributed by atoms with Crippen LogP contribution in [-0.4, -0.2) is 46.1 Å². The molecular formula is C17H18ClN5O2. The summed E-state index contributed by atoms with van der Waals surface area (Å²) in [7, 11) is 0. The first kappa shape index (κ1) is 16.1. The molecule has 1 saturated heterocycles. The second-order valence-electron chi connectivity index (χ2n) is 6.12. The predicted octanol–water partition coefficient (Wildman–Crippen LogP) is 2.22. The van der Waals surface area contributed by atoms with Crippen LogP contribution in [0.4, 0.5) is 5.95 Å². The highest BCUT2D eigenvalue weighted by Crippen LogP contribution is 2.25. The van der Waals surface area contributed by atoms with Crippen LogP contribution in [0.25, 0.3) is 16.7 Å². The Labute approximate surface area is 149 Å². The summed E-state index contributed by atoms with van der Waals surface area (Å²) in [4.78, 5) is 21.8.